The highest BCUT2D eigenvalue weighted by molar-refractivity contribution is 7.07. The largest absolute Gasteiger partial charge is 0.356 e. The molecule has 1 aliphatic rings. The van der Waals surface area contributed by atoms with E-state index in [1.807, 2.05) is 17.8 Å². The number of anilines is 1. The molecule has 4 heterocycles. The van der Waals surface area contributed by atoms with Crippen LogP contribution in [0.15, 0.2) is 59.7 Å². The Kier molecular flexibility index (Phi) is 4.33. The zero-order valence-corrected chi connectivity index (χ0v) is 15.8. The minimum absolute atomic E-state index is 0.417. The van der Waals surface area contributed by atoms with Gasteiger partial charge in [0.15, 0.2) is 0 Å². The Bertz CT molecular complexity index is 1040. The van der Waals surface area contributed by atoms with Gasteiger partial charge < -0.3 is 9.47 Å². The predicted octanol–water partition coefficient (Wildman–Crippen LogP) is 4.32. The van der Waals surface area contributed by atoms with Crippen molar-refractivity contribution < 1.29 is 0 Å². The van der Waals surface area contributed by atoms with E-state index in [-0.39, 0.29) is 0 Å². The molecular weight excluding hydrogens is 354 g/mol. The number of rotatable bonds is 4. The van der Waals surface area contributed by atoms with Gasteiger partial charge in [0.05, 0.1) is 23.3 Å². The summed E-state index contributed by atoms with van der Waals surface area (Å²) < 4.78 is 2.25. The van der Waals surface area contributed by atoms with Crippen molar-refractivity contribution in [2.24, 2.45) is 0 Å². The Labute approximate surface area is 162 Å². The van der Waals surface area contributed by atoms with Crippen molar-refractivity contribution >= 4 is 28.1 Å². The molecule has 27 heavy (non-hydrogen) atoms. The van der Waals surface area contributed by atoms with Crippen LogP contribution < -0.4 is 4.90 Å². The van der Waals surface area contributed by atoms with Crippen molar-refractivity contribution in [1.82, 2.24) is 19.5 Å². The second-order valence-electron chi connectivity index (χ2n) is 7.04. The highest BCUT2D eigenvalue weighted by Gasteiger charge is 2.25. The molecule has 0 amide bonds. The lowest BCUT2D eigenvalue weighted by Gasteiger charge is -2.33. The van der Waals surface area contributed by atoms with Gasteiger partial charge in [-0.15, -0.1) is 11.3 Å². The third-order valence-electron chi connectivity index (χ3n) is 5.26. The number of thiazole rings is 1. The molecule has 5 rings (SSSR count). The van der Waals surface area contributed by atoms with Crippen molar-refractivity contribution in [3.05, 3.63) is 71.2 Å². The minimum Gasteiger partial charge on any atom is -0.356 e. The molecule has 1 atom stereocenters. The van der Waals surface area contributed by atoms with Gasteiger partial charge in [-0.3, -0.25) is 0 Å². The summed E-state index contributed by atoms with van der Waals surface area (Å²) in [4.78, 5) is 16.4. The lowest BCUT2D eigenvalue weighted by atomic mass is 9.97. The maximum absolute atomic E-state index is 4.89. The lowest BCUT2D eigenvalue weighted by Crippen LogP contribution is -2.36. The van der Waals surface area contributed by atoms with Gasteiger partial charge in [-0.2, -0.15) is 0 Å². The Balaban J connectivity index is 1.38. The predicted molar refractivity (Wildman–Crippen MR) is 109 cm³/mol. The molecule has 3 aromatic heterocycles. The van der Waals surface area contributed by atoms with Crippen LogP contribution in [0.4, 0.5) is 5.82 Å². The second kappa shape index (κ2) is 7.12. The van der Waals surface area contributed by atoms with E-state index in [0.717, 1.165) is 55.3 Å². The first-order valence-electron chi connectivity index (χ1n) is 9.36. The van der Waals surface area contributed by atoms with Crippen LogP contribution in [0.1, 0.15) is 30.3 Å². The Morgan fingerprint density at radius 2 is 2.07 bits per heavy atom. The number of piperidine rings is 1. The molecule has 1 aromatic carbocycles. The van der Waals surface area contributed by atoms with Crippen LogP contribution in [0, 0.1) is 0 Å². The van der Waals surface area contributed by atoms with Gasteiger partial charge in [0.25, 0.3) is 0 Å². The third kappa shape index (κ3) is 3.32. The molecule has 0 unspecified atom stereocenters. The molecule has 6 heteroatoms. The Hall–Kier alpha value is -2.73. The number of nitrogens with zero attached hydrogens (tertiary/aromatic N) is 5. The Morgan fingerprint density at radius 3 is 3.00 bits per heavy atom. The molecule has 1 fully saturated rings. The molecule has 1 aliphatic heterocycles. The maximum Gasteiger partial charge on any atom is 0.129 e. The molecule has 0 saturated carbocycles. The molecule has 0 radical (unpaired) electrons. The standard InChI is InChI=1S/C21H21N5S/c1-2-6-19-16(4-1)7-8-20(24-19)25-10-3-5-17(12-25)21-22-9-11-26(21)13-18-14-27-15-23-18/h1-2,4,6-9,11,14-15,17H,3,5,10,12-13H2/t17-/m1/s1. The summed E-state index contributed by atoms with van der Waals surface area (Å²) in [6.07, 6.45) is 6.30. The maximum atomic E-state index is 4.89. The van der Waals surface area contributed by atoms with Gasteiger partial charge in [-0.1, -0.05) is 18.2 Å². The monoisotopic (exact) mass is 375 g/mol. The number of pyridine rings is 1. The topological polar surface area (TPSA) is 46.8 Å². The lowest BCUT2D eigenvalue weighted by molar-refractivity contribution is 0.474. The molecule has 136 valence electrons. The van der Waals surface area contributed by atoms with Crippen molar-refractivity contribution in [2.45, 2.75) is 25.3 Å². The van der Waals surface area contributed by atoms with Crippen molar-refractivity contribution in [3.63, 3.8) is 0 Å². The van der Waals surface area contributed by atoms with Crippen LogP contribution in [0.3, 0.4) is 0 Å². The van der Waals surface area contributed by atoms with Gasteiger partial charge in [-0.05, 0) is 31.0 Å². The van der Waals surface area contributed by atoms with Crippen molar-refractivity contribution in [2.75, 3.05) is 18.0 Å². The number of benzene rings is 1. The van der Waals surface area contributed by atoms with Crippen LogP contribution in [0.5, 0.6) is 0 Å². The molecule has 1 saturated heterocycles. The summed E-state index contributed by atoms with van der Waals surface area (Å²) in [6.45, 7) is 2.80. The van der Waals surface area contributed by atoms with E-state index in [1.165, 1.54) is 5.39 Å². The molecule has 0 aliphatic carbocycles. The number of imidazole rings is 1. The fourth-order valence-corrected chi connectivity index (χ4v) is 4.48. The molecule has 5 nitrogen and oxygen atoms in total. The highest BCUT2D eigenvalue weighted by Crippen LogP contribution is 2.29. The zero-order valence-electron chi connectivity index (χ0n) is 15.0. The zero-order chi connectivity index (χ0) is 18.1. The Morgan fingerprint density at radius 1 is 1.11 bits per heavy atom. The summed E-state index contributed by atoms with van der Waals surface area (Å²) in [5, 5.41) is 3.30. The molecular formula is C21H21N5S. The SMILES string of the molecule is c1ccc2nc(N3CCC[C@@H](c4nccn4Cc4cscn4)C3)ccc2c1. The number of aromatic nitrogens is 4. The average Bonchev–Trinajstić information content (AvgIpc) is 3.40. The van der Waals surface area contributed by atoms with E-state index in [2.05, 4.69) is 61.3 Å². The number of hydrogen-bond acceptors (Lipinski definition) is 5. The van der Waals surface area contributed by atoms with E-state index >= 15 is 0 Å². The first kappa shape index (κ1) is 16.4. The van der Waals surface area contributed by atoms with Gasteiger partial charge >= 0.3 is 0 Å². The van der Waals surface area contributed by atoms with E-state index in [0.29, 0.717) is 5.92 Å². The molecule has 0 N–H and O–H groups in total. The summed E-state index contributed by atoms with van der Waals surface area (Å²) in [7, 11) is 0. The summed E-state index contributed by atoms with van der Waals surface area (Å²) in [6, 6.07) is 12.6. The summed E-state index contributed by atoms with van der Waals surface area (Å²) in [5.41, 5.74) is 4.05. The van der Waals surface area contributed by atoms with E-state index < -0.39 is 0 Å². The average molecular weight is 376 g/mol. The van der Waals surface area contributed by atoms with Crippen LogP contribution in [-0.2, 0) is 6.54 Å². The van der Waals surface area contributed by atoms with Gasteiger partial charge in [0, 0.05) is 42.2 Å². The highest BCUT2D eigenvalue weighted by atomic mass is 32.1. The van der Waals surface area contributed by atoms with E-state index in [1.54, 1.807) is 11.3 Å². The number of fused-ring (bicyclic) bond motifs is 1. The summed E-state index contributed by atoms with van der Waals surface area (Å²) >= 11 is 1.64. The third-order valence-corrected chi connectivity index (χ3v) is 5.89. The van der Waals surface area contributed by atoms with Crippen molar-refractivity contribution in [1.29, 1.82) is 0 Å². The van der Waals surface area contributed by atoms with Crippen molar-refractivity contribution in [3.8, 4) is 0 Å². The molecule has 4 aromatic rings. The van der Waals surface area contributed by atoms with Gasteiger partial charge in [0.2, 0.25) is 0 Å². The van der Waals surface area contributed by atoms with Crippen LogP contribution >= 0.6 is 11.3 Å². The minimum atomic E-state index is 0.417. The molecule has 0 bridgehead atoms. The number of hydrogen-bond donors (Lipinski definition) is 0. The van der Waals surface area contributed by atoms with Gasteiger partial charge in [0.1, 0.15) is 11.6 Å². The van der Waals surface area contributed by atoms with Crippen LogP contribution in [-0.4, -0.2) is 32.6 Å². The van der Waals surface area contributed by atoms with E-state index in [4.69, 9.17) is 4.98 Å². The van der Waals surface area contributed by atoms with Crippen LogP contribution in [0.2, 0.25) is 0 Å². The van der Waals surface area contributed by atoms with E-state index in [9.17, 15) is 0 Å². The smallest absolute Gasteiger partial charge is 0.129 e. The quantitative estimate of drug-likeness (QED) is 0.533. The normalized spacial score (nSPS) is 17.5. The van der Waals surface area contributed by atoms with Crippen LogP contribution in [0.25, 0.3) is 10.9 Å². The fourth-order valence-electron chi connectivity index (χ4n) is 3.93. The molecule has 0 spiro atoms. The fraction of sp³-hybridized carbons (Fsp3) is 0.286. The summed E-state index contributed by atoms with van der Waals surface area (Å²) in [5.74, 6) is 2.64. The first-order valence-corrected chi connectivity index (χ1v) is 10.3. The number of para-hydroxylation sites is 1. The first-order chi connectivity index (χ1) is 13.4. The van der Waals surface area contributed by atoms with Gasteiger partial charge in [-0.25, -0.2) is 15.0 Å². The second-order valence-corrected chi connectivity index (χ2v) is 7.76.